The molecule has 0 spiro atoms. The smallest absolute Gasteiger partial charge is 0.229 e. The third-order valence-electron chi connectivity index (χ3n) is 4.49. The van der Waals surface area contributed by atoms with E-state index in [2.05, 4.69) is 20.6 Å². The van der Waals surface area contributed by atoms with Crippen molar-refractivity contribution in [2.45, 2.75) is 26.2 Å². The van der Waals surface area contributed by atoms with E-state index in [0.717, 1.165) is 29.9 Å². The van der Waals surface area contributed by atoms with Crippen LogP contribution in [0.2, 0.25) is 5.02 Å². The van der Waals surface area contributed by atoms with Crippen LogP contribution in [0.3, 0.4) is 0 Å². The third-order valence-corrected chi connectivity index (χ3v) is 4.75. The molecule has 0 aliphatic heterocycles. The van der Waals surface area contributed by atoms with Crippen LogP contribution in [0.15, 0.2) is 48.5 Å². The highest BCUT2D eigenvalue weighted by Gasteiger charge is 2.24. The molecule has 4 rings (SSSR count). The van der Waals surface area contributed by atoms with Gasteiger partial charge in [0, 0.05) is 22.8 Å². The zero-order valence-corrected chi connectivity index (χ0v) is 15.7. The van der Waals surface area contributed by atoms with Gasteiger partial charge in [-0.15, -0.1) is 0 Å². The highest BCUT2D eigenvalue weighted by molar-refractivity contribution is 6.30. The molecule has 2 aromatic carbocycles. The van der Waals surface area contributed by atoms with Crippen LogP contribution >= 0.6 is 11.6 Å². The lowest BCUT2D eigenvalue weighted by atomic mass is 9.95. The number of hydrogen-bond acceptors (Lipinski definition) is 5. The Labute approximate surface area is 162 Å². The van der Waals surface area contributed by atoms with E-state index in [1.54, 1.807) is 12.1 Å². The standard InChI is InChI=1S/C21H19ClN4O/c1-13-5-9-16(10-6-13)24-21-25-17-3-2-4-18(27)19(17)20(26-21)23-15-11-7-14(22)8-12-15/h5-12H,2-4H2,1H3,(H2,23,24,25,26). The van der Waals surface area contributed by atoms with E-state index in [0.29, 0.717) is 28.8 Å². The molecule has 1 aliphatic carbocycles. The van der Waals surface area contributed by atoms with Gasteiger partial charge in [0.15, 0.2) is 5.78 Å². The zero-order valence-electron chi connectivity index (χ0n) is 14.9. The van der Waals surface area contributed by atoms with Gasteiger partial charge in [-0.2, -0.15) is 4.98 Å². The van der Waals surface area contributed by atoms with Gasteiger partial charge in [-0.25, -0.2) is 4.98 Å². The topological polar surface area (TPSA) is 66.9 Å². The minimum atomic E-state index is 0.0783. The minimum absolute atomic E-state index is 0.0783. The summed E-state index contributed by atoms with van der Waals surface area (Å²) < 4.78 is 0. The third kappa shape index (κ3) is 3.93. The Kier molecular flexibility index (Phi) is 4.77. The van der Waals surface area contributed by atoms with Crippen molar-refractivity contribution in [3.8, 4) is 0 Å². The van der Waals surface area contributed by atoms with Gasteiger partial charge < -0.3 is 10.6 Å². The number of hydrogen-bond donors (Lipinski definition) is 2. The molecule has 1 heterocycles. The van der Waals surface area contributed by atoms with Gasteiger partial charge in [0.2, 0.25) is 5.95 Å². The normalized spacial score (nSPS) is 13.2. The molecule has 1 aromatic heterocycles. The molecule has 0 radical (unpaired) electrons. The number of carbonyl (C=O) groups is 1. The van der Waals surface area contributed by atoms with Crippen LogP contribution in [0.5, 0.6) is 0 Å². The molecule has 0 amide bonds. The number of nitrogens with zero attached hydrogens (tertiary/aromatic N) is 2. The fourth-order valence-corrected chi connectivity index (χ4v) is 3.23. The highest BCUT2D eigenvalue weighted by atomic mass is 35.5. The van der Waals surface area contributed by atoms with Crippen molar-refractivity contribution in [2.24, 2.45) is 0 Å². The van der Waals surface area contributed by atoms with Gasteiger partial charge in [0.25, 0.3) is 0 Å². The predicted octanol–water partition coefficient (Wildman–Crippen LogP) is 5.44. The summed E-state index contributed by atoms with van der Waals surface area (Å²) in [4.78, 5) is 21.7. The molecule has 0 fully saturated rings. The Hall–Kier alpha value is -2.92. The van der Waals surface area contributed by atoms with Gasteiger partial charge in [-0.05, 0) is 56.2 Å². The molecular formula is C21H19ClN4O. The lowest BCUT2D eigenvalue weighted by molar-refractivity contribution is 0.0972. The quantitative estimate of drug-likeness (QED) is 0.632. The second-order valence-corrected chi connectivity index (χ2v) is 7.05. The van der Waals surface area contributed by atoms with Gasteiger partial charge >= 0.3 is 0 Å². The Bertz CT molecular complexity index is 984. The second-order valence-electron chi connectivity index (χ2n) is 6.62. The van der Waals surface area contributed by atoms with Crippen LogP contribution in [0.4, 0.5) is 23.1 Å². The number of halogens is 1. The number of ketones is 1. The van der Waals surface area contributed by atoms with Gasteiger partial charge in [-0.3, -0.25) is 4.79 Å². The van der Waals surface area contributed by atoms with Crippen molar-refractivity contribution in [3.05, 3.63) is 70.4 Å². The average Bonchev–Trinajstić information content (AvgIpc) is 2.65. The lowest BCUT2D eigenvalue weighted by Gasteiger charge is -2.19. The molecule has 3 aromatic rings. The molecule has 1 aliphatic rings. The van der Waals surface area contributed by atoms with E-state index >= 15 is 0 Å². The number of benzene rings is 2. The van der Waals surface area contributed by atoms with Gasteiger partial charge in [0.1, 0.15) is 5.82 Å². The maximum absolute atomic E-state index is 12.5. The van der Waals surface area contributed by atoms with Crippen LogP contribution in [0.1, 0.15) is 34.5 Å². The van der Waals surface area contributed by atoms with Crippen molar-refractivity contribution >= 4 is 40.5 Å². The summed E-state index contributed by atoms with van der Waals surface area (Å²) in [5.74, 6) is 1.08. The first-order valence-corrected chi connectivity index (χ1v) is 9.27. The molecule has 0 bridgehead atoms. The number of anilines is 4. The molecule has 6 heteroatoms. The molecular weight excluding hydrogens is 360 g/mol. The monoisotopic (exact) mass is 378 g/mol. The Morgan fingerprint density at radius 1 is 0.889 bits per heavy atom. The van der Waals surface area contributed by atoms with Crippen LogP contribution in [-0.4, -0.2) is 15.8 Å². The largest absolute Gasteiger partial charge is 0.339 e. The van der Waals surface area contributed by atoms with E-state index in [9.17, 15) is 4.79 Å². The molecule has 5 nitrogen and oxygen atoms in total. The van der Waals surface area contributed by atoms with E-state index in [1.807, 2.05) is 43.3 Å². The van der Waals surface area contributed by atoms with Crippen molar-refractivity contribution in [1.29, 1.82) is 0 Å². The number of aromatic nitrogens is 2. The molecule has 136 valence electrons. The second kappa shape index (κ2) is 7.37. The summed E-state index contributed by atoms with van der Waals surface area (Å²) in [7, 11) is 0. The van der Waals surface area contributed by atoms with Crippen molar-refractivity contribution in [3.63, 3.8) is 0 Å². The predicted molar refractivity (Wildman–Crippen MR) is 108 cm³/mol. The fraction of sp³-hybridized carbons (Fsp3) is 0.190. The zero-order chi connectivity index (χ0) is 18.8. The van der Waals surface area contributed by atoms with E-state index in [-0.39, 0.29) is 5.78 Å². The Morgan fingerprint density at radius 2 is 1.56 bits per heavy atom. The first kappa shape index (κ1) is 17.5. The van der Waals surface area contributed by atoms with Crippen LogP contribution in [0.25, 0.3) is 0 Å². The van der Waals surface area contributed by atoms with E-state index in [1.165, 1.54) is 5.56 Å². The molecule has 2 N–H and O–H groups in total. The number of fused-ring (bicyclic) bond motifs is 1. The average molecular weight is 379 g/mol. The molecule has 27 heavy (non-hydrogen) atoms. The number of carbonyl (C=O) groups excluding carboxylic acids is 1. The summed E-state index contributed by atoms with van der Waals surface area (Å²) >= 11 is 5.96. The number of nitrogens with one attached hydrogen (secondary N) is 2. The maximum atomic E-state index is 12.5. The lowest BCUT2D eigenvalue weighted by Crippen LogP contribution is -2.17. The molecule has 0 saturated heterocycles. The number of aryl methyl sites for hydroxylation is 2. The SMILES string of the molecule is Cc1ccc(Nc2nc3c(c(Nc4ccc(Cl)cc4)n2)C(=O)CCC3)cc1. The molecule has 0 atom stereocenters. The van der Waals surface area contributed by atoms with Crippen molar-refractivity contribution in [1.82, 2.24) is 9.97 Å². The van der Waals surface area contributed by atoms with Crippen LogP contribution in [0, 0.1) is 6.92 Å². The Morgan fingerprint density at radius 3 is 2.30 bits per heavy atom. The van der Waals surface area contributed by atoms with Gasteiger partial charge in [-0.1, -0.05) is 29.3 Å². The fourth-order valence-electron chi connectivity index (χ4n) is 3.10. The maximum Gasteiger partial charge on any atom is 0.229 e. The van der Waals surface area contributed by atoms with E-state index in [4.69, 9.17) is 11.6 Å². The van der Waals surface area contributed by atoms with Gasteiger partial charge in [0.05, 0.1) is 11.3 Å². The van der Waals surface area contributed by atoms with E-state index < -0.39 is 0 Å². The van der Waals surface area contributed by atoms with Crippen LogP contribution < -0.4 is 10.6 Å². The summed E-state index contributed by atoms with van der Waals surface area (Å²) in [5.41, 5.74) is 4.28. The minimum Gasteiger partial charge on any atom is -0.339 e. The summed E-state index contributed by atoms with van der Waals surface area (Å²) in [6.45, 7) is 2.04. The Balaban J connectivity index is 1.71. The first-order chi connectivity index (χ1) is 13.1. The number of Topliss-reactive ketones (excluding diaryl/α,β-unsaturated/α-hetero) is 1. The highest BCUT2D eigenvalue weighted by Crippen LogP contribution is 2.30. The molecule has 0 saturated carbocycles. The van der Waals surface area contributed by atoms with Crippen molar-refractivity contribution in [2.75, 3.05) is 10.6 Å². The number of rotatable bonds is 4. The van der Waals surface area contributed by atoms with Crippen molar-refractivity contribution < 1.29 is 4.79 Å². The summed E-state index contributed by atoms with van der Waals surface area (Å²) in [6, 6.07) is 15.3. The molecule has 0 unspecified atom stereocenters. The first-order valence-electron chi connectivity index (χ1n) is 8.89. The summed E-state index contributed by atoms with van der Waals surface area (Å²) in [6.07, 6.45) is 2.10. The van der Waals surface area contributed by atoms with Crippen LogP contribution in [-0.2, 0) is 6.42 Å². The summed E-state index contributed by atoms with van der Waals surface area (Å²) in [5, 5.41) is 7.15.